The Bertz CT molecular complexity index is 491. The first-order valence-corrected chi connectivity index (χ1v) is 14.4. The molecule has 0 amide bonds. The van der Waals surface area contributed by atoms with Gasteiger partial charge in [0.2, 0.25) is 0 Å². The minimum absolute atomic E-state index is 1.18. The van der Waals surface area contributed by atoms with Crippen molar-refractivity contribution in [3.8, 4) is 0 Å². The molecule has 182 valence electrons. The summed E-state index contributed by atoms with van der Waals surface area (Å²) in [5.41, 5.74) is 0. The van der Waals surface area contributed by atoms with Crippen molar-refractivity contribution in [1.82, 2.24) is 4.57 Å². The maximum atomic E-state index is 2.57. The van der Waals surface area contributed by atoms with Gasteiger partial charge in [0.15, 0.2) is 0 Å². The van der Waals surface area contributed by atoms with Gasteiger partial charge in [0.1, 0.15) is 12.4 Å². The minimum Gasteiger partial charge on any atom is -0.234 e. The van der Waals surface area contributed by atoms with Crippen LogP contribution in [-0.2, 0) is 19.5 Å². The fraction of sp³-hybridized carbons (Fsp3) is 0.897. The van der Waals surface area contributed by atoms with Crippen molar-refractivity contribution >= 4 is 0 Å². The largest absolute Gasteiger partial charge is 0.256 e. The molecule has 2 heteroatoms. The highest BCUT2D eigenvalue weighted by molar-refractivity contribution is 4.84. The van der Waals surface area contributed by atoms with E-state index in [1.165, 1.54) is 148 Å². The van der Waals surface area contributed by atoms with Crippen LogP contribution in [0.1, 0.15) is 155 Å². The van der Waals surface area contributed by atoms with E-state index in [4.69, 9.17) is 0 Å². The molecule has 1 rings (SSSR count). The number of aromatic nitrogens is 2. The van der Waals surface area contributed by atoms with E-state index in [0.717, 1.165) is 0 Å². The molecular weight excluding hydrogens is 376 g/mol. The first-order valence-electron chi connectivity index (χ1n) is 14.4. The number of unbranched alkanes of at least 4 members (excludes halogenated alkanes) is 17. The molecule has 1 heterocycles. The Kier molecular flexibility index (Phi) is 19.2. The summed E-state index contributed by atoms with van der Waals surface area (Å²) in [6, 6.07) is 0. The van der Waals surface area contributed by atoms with E-state index in [1.807, 2.05) is 0 Å². The molecule has 0 aliphatic heterocycles. The van der Waals surface area contributed by atoms with Gasteiger partial charge in [-0.15, -0.1) is 0 Å². The molecule has 2 nitrogen and oxygen atoms in total. The normalized spacial score (nSPS) is 11.5. The van der Waals surface area contributed by atoms with Crippen LogP contribution in [0.25, 0.3) is 0 Å². The molecule has 0 saturated carbocycles. The minimum atomic E-state index is 1.18. The molecule has 0 saturated heterocycles. The highest BCUT2D eigenvalue weighted by atomic mass is 15.1. The van der Waals surface area contributed by atoms with Crippen molar-refractivity contribution in [2.24, 2.45) is 0 Å². The molecule has 0 atom stereocenters. The summed E-state index contributed by atoms with van der Waals surface area (Å²) in [5, 5.41) is 0. The van der Waals surface area contributed by atoms with E-state index in [9.17, 15) is 0 Å². The molecule has 0 bridgehead atoms. The van der Waals surface area contributed by atoms with Gasteiger partial charge in [-0.2, -0.15) is 0 Å². The number of aryl methyl sites for hydroxylation is 2. The standard InChI is InChI=1S/C29H57N2/c1-4-7-9-11-12-13-14-15-16-17-18-19-21-23-26-31-28-27-30(25-6-3)29(31)24-22-20-10-8-5-2/h27-28H,4-26H2,1-3H3/q+1. The van der Waals surface area contributed by atoms with Crippen LogP contribution in [0.4, 0.5) is 0 Å². The van der Waals surface area contributed by atoms with Crippen LogP contribution >= 0.6 is 0 Å². The van der Waals surface area contributed by atoms with Crippen molar-refractivity contribution in [2.75, 3.05) is 0 Å². The Balaban J connectivity index is 2.08. The number of hydrogen-bond acceptors (Lipinski definition) is 0. The van der Waals surface area contributed by atoms with E-state index in [0.29, 0.717) is 0 Å². The van der Waals surface area contributed by atoms with E-state index in [-0.39, 0.29) is 0 Å². The Hall–Kier alpha value is -0.790. The topological polar surface area (TPSA) is 8.81 Å². The first kappa shape index (κ1) is 28.2. The molecule has 0 aromatic carbocycles. The third kappa shape index (κ3) is 14.8. The third-order valence-electron chi connectivity index (χ3n) is 6.81. The molecule has 0 radical (unpaired) electrons. The van der Waals surface area contributed by atoms with Crippen LogP contribution in [0, 0.1) is 0 Å². The van der Waals surface area contributed by atoms with Crippen LogP contribution in [0.3, 0.4) is 0 Å². The van der Waals surface area contributed by atoms with Crippen molar-refractivity contribution < 1.29 is 4.57 Å². The smallest absolute Gasteiger partial charge is 0.234 e. The molecular formula is C29H57N2+. The Morgan fingerprint density at radius 3 is 1.48 bits per heavy atom. The third-order valence-corrected chi connectivity index (χ3v) is 6.81. The van der Waals surface area contributed by atoms with Gasteiger partial charge in [0, 0.05) is 6.42 Å². The van der Waals surface area contributed by atoms with Crippen LogP contribution in [0.15, 0.2) is 12.4 Å². The average molecular weight is 434 g/mol. The highest BCUT2D eigenvalue weighted by Crippen LogP contribution is 2.14. The predicted octanol–water partition coefficient (Wildman–Crippen LogP) is 9.18. The van der Waals surface area contributed by atoms with Gasteiger partial charge in [0.05, 0.1) is 13.1 Å². The second kappa shape index (κ2) is 21.1. The van der Waals surface area contributed by atoms with Gasteiger partial charge in [-0.05, 0) is 25.7 Å². The van der Waals surface area contributed by atoms with Gasteiger partial charge < -0.3 is 0 Å². The van der Waals surface area contributed by atoms with Crippen LogP contribution in [0.2, 0.25) is 0 Å². The van der Waals surface area contributed by atoms with E-state index >= 15 is 0 Å². The predicted molar refractivity (Wildman–Crippen MR) is 138 cm³/mol. The summed E-state index contributed by atoms with van der Waals surface area (Å²) >= 11 is 0. The molecule has 0 N–H and O–H groups in total. The summed E-state index contributed by atoms with van der Waals surface area (Å²) < 4.78 is 5.08. The summed E-state index contributed by atoms with van der Waals surface area (Å²) in [6.45, 7) is 9.30. The lowest BCUT2D eigenvalue weighted by atomic mass is 10.0. The number of hydrogen-bond donors (Lipinski definition) is 0. The SMILES string of the molecule is CCCCCCCCCCCCCCCCn1cc[n+](CCC)c1CCCCCCC. The van der Waals surface area contributed by atoms with Gasteiger partial charge in [-0.25, -0.2) is 9.13 Å². The monoisotopic (exact) mass is 433 g/mol. The van der Waals surface area contributed by atoms with Crippen molar-refractivity contribution in [1.29, 1.82) is 0 Å². The molecule has 0 aliphatic rings. The number of rotatable bonds is 23. The zero-order valence-corrected chi connectivity index (χ0v) is 21.8. The lowest BCUT2D eigenvalue weighted by Crippen LogP contribution is -2.37. The molecule has 1 aromatic rings. The second-order valence-corrected chi connectivity index (χ2v) is 9.86. The van der Waals surface area contributed by atoms with Crippen molar-refractivity contribution in [3.05, 3.63) is 18.2 Å². The first-order chi connectivity index (χ1) is 15.3. The Morgan fingerprint density at radius 1 is 0.548 bits per heavy atom. The fourth-order valence-electron chi connectivity index (χ4n) is 4.80. The van der Waals surface area contributed by atoms with Crippen molar-refractivity contribution in [3.63, 3.8) is 0 Å². The maximum absolute atomic E-state index is 2.57. The summed E-state index contributed by atoms with van der Waals surface area (Å²) in [5.74, 6) is 1.58. The van der Waals surface area contributed by atoms with Crippen LogP contribution < -0.4 is 4.57 Å². The second-order valence-electron chi connectivity index (χ2n) is 9.86. The zero-order valence-electron chi connectivity index (χ0n) is 21.8. The molecule has 0 spiro atoms. The molecule has 0 aliphatic carbocycles. The number of imidazole rings is 1. The quantitative estimate of drug-likeness (QED) is 0.120. The van der Waals surface area contributed by atoms with Crippen molar-refractivity contribution in [2.45, 2.75) is 169 Å². The van der Waals surface area contributed by atoms with Gasteiger partial charge in [-0.3, -0.25) is 0 Å². The lowest BCUT2D eigenvalue weighted by molar-refractivity contribution is -0.703. The Labute approximate surface area is 196 Å². The summed E-state index contributed by atoms with van der Waals surface area (Å²) in [4.78, 5) is 0. The molecule has 1 aromatic heterocycles. The summed E-state index contributed by atoms with van der Waals surface area (Å²) in [7, 11) is 0. The lowest BCUT2D eigenvalue weighted by Gasteiger charge is -2.06. The molecule has 0 fully saturated rings. The zero-order chi connectivity index (χ0) is 22.4. The maximum Gasteiger partial charge on any atom is 0.256 e. The van der Waals surface area contributed by atoms with Crippen LogP contribution in [0.5, 0.6) is 0 Å². The van der Waals surface area contributed by atoms with Gasteiger partial charge >= 0.3 is 0 Å². The molecule has 31 heavy (non-hydrogen) atoms. The average Bonchev–Trinajstić information content (AvgIpc) is 3.15. The van der Waals surface area contributed by atoms with E-state index < -0.39 is 0 Å². The number of nitrogens with zero attached hydrogens (tertiary/aromatic N) is 2. The van der Waals surface area contributed by atoms with E-state index in [1.54, 1.807) is 5.82 Å². The highest BCUT2D eigenvalue weighted by Gasteiger charge is 2.15. The summed E-state index contributed by atoms with van der Waals surface area (Å²) in [6.07, 6.45) is 34.2. The molecule has 0 unspecified atom stereocenters. The van der Waals surface area contributed by atoms with Crippen LogP contribution in [-0.4, -0.2) is 4.57 Å². The Morgan fingerprint density at radius 2 is 1.00 bits per heavy atom. The van der Waals surface area contributed by atoms with Gasteiger partial charge in [0.25, 0.3) is 5.82 Å². The fourth-order valence-corrected chi connectivity index (χ4v) is 4.80. The van der Waals surface area contributed by atoms with E-state index in [2.05, 4.69) is 42.3 Å². The van der Waals surface area contributed by atoms with Gasteiger partial charge in [-0.1, -0.05) is 124 Å².